The van der Waals surface area contributed by atoms with E-state index >= 15 is 0 Å². The van der Waals surface area contributed by atoms with Crippen molar-refractivity contribution in [1.82, 2.24) is 4.90 Å². The van der Waals surface area contributed by atoms with Crippen molar-refractivity contribution in [2.45, 2.75) is 40.2 Å². The summed E-state index contributed by atoms with van der Waals surface area (Å²) in [6, 6.07) is 0. The Hall–Kier alpha value is -0.860. The minimum Gasteiger partial charge on any atom is -0.392 e. The Labute approximate surface area is 106 Å². The van der Waals surface area contributed by atoms with E-state index in [1.165, 1.54) is 11.1 Å². The molecule has 1 unspecified atom stereocenters. The first-order chi connectivity index (χ1) is 8.17. The molecular formula is C15H27NO. The van der Waals surface area contributed by atoms with E-state index in [4.69, 9.17) is 0 Å². The fourth-order valence-electron chi connectivity index (χ4n) is 1.98. The van der Waals surface area contributed by atoms with Crippen LogP contribution in [0.15, 0.2) is 36.0 Å². The second-order valence-corrected chi connectivity index (χ2v) is 4.09. The monoisotopic (exact) mass is 237 g/mol. The van der Waals surface area contributed by atoms with Crippen molar-refractivity contribution in [3.63, 3.8) is 0 Å². The van der Waals surface area contributed by atoms with E-state index in [-0.39, 0.29) is 6.10 Å². The molecule has 0 bridgehead atoms. The minimum absolute atomic E-state index is 0.251. The summed E-state index contributed by atoms with van der Waals surface area (Å²) in [6.07, 6.45) is 6.97. The Morgan fingerprint density at radius 1 is 1.41 bits per heavy atom. The zero-order valence-corrected chi connectivity index (χ0v) is 11.7. The van der Waals surface area contributed by atoms with Crippen LogP contribution in [0.5, 0.6) is 0 Å². The highest BCUT2D eigenvalue weighted by Crippen LogP contribution is 2.19. The normalized spacial score (nSPS) is 18.9. The topological polar surface area (TPSA) is 23.5 Å². The van der Waals surface area contributed by atoms with Crippen molar-refractivity contribution in [3.05, 3.63) is 36.0 Å². The predicted octanol–water partition coefficient (Wildman–Crippen LogP) is 3.16. The third-order valence-electron chi connectivity index (χ3n) is 2.64. The summed E-state index contributed by atoms with van der Waals surface area (Å²) in [6.45, 7) is 14.4. The van der Waals surface area contributed by atoms with Crippen LogP contribution in [0, 0.1) is 0 Å². The van der Waals surface area contributed by atoms with Crippen LogP contribution in [0.3, 0.4) is 0 Å². The van der Waals surface area contributed by atoms with Gasteiger partial charge in [0.05, 0.1) is 6.10 Å². The average Bonchev–Trinajstić information content (AvgIpc) is 2.33. The van der Waals surface area contributed by atoms with E-state index in [1.807, 2.05) is 33.8 Å². The van der Waals surface area contributed by atoms with Crippen LogP contribution in [0.1, 0.15) is 34.1 Å². The third kappa shape index (κ3) is 5.85. The standard InChI is InChI=1S/C13H21NO.C2H6/c1-4-6-13-7-8-14(9-11(3)15)10-12(13)5-2;1-2/h4-6,11,15H,2,7-10H2,1,3H3;1-2H3/b6-4-;. The van der Waals surface area contributed by atoms with Crippen LogP contribution in [0.2, 0.25) is 0 Å². The first-order valence-electron chi connectivity index (χ1n) is 6.55. The first kappa shape index (κ1) is 16.1. The summed E-state index contributed by atoms with van der Waals surface area (Å²) in [7, 11) is 0. The van der Waals surface area contributed by atoms with E-state index < -0.39 is 0 Å². The molecule has 0 aromatic carbocycles. The molecule has 98 valence electrons. The molecule has 1 atom stereocenters. The SMILES string of the molecule is C=CC1=C(/C=C\C)CCN(CC(C)O)C1.CC. The second kappa shape index (κ2) is 9.20. The van der Waals surface area contributed by atoms with E-state index in [2.05, 4.69) is 23.6 Å². The molecule has 0 fully saturated rings. The number of aliphatic hydroxyl groups excluding tert-OH is 1. The number of rotatable bonds is 4. The van der Waals surface area contributed by atoms with Gasteiger partial charge in [0.25, 0.3) is 0 Å². The van der Waals surface area contributed by atoms with Gasteiger partial charge in [-0.3, -0.25) is 4.90 Å². The summed E-state index contributed by atoms with van der Waals surface area (Å²) in [5.41, 5.74) is 2.68. The van der Waals surface area contributed by atoms with Crippen LogP contribution in [0.4, 0.5) is 0 Å². The van der Waals surface area contributed by atoms with Gasteiger partial charge in [-0.15, -0.1) is 0 Å². The van der Waals surface area contributed by atoms with E-state index in [0.29, 0.717) is 0 Å². The lowest BCUT2D eigenvalue weighted by Crippen LogP contribution is -2.36. The molecule has 1 aliphatic heterocycles. The molecule has 0 spiro atoms. The molecule has 1 aliphatic rings. The Balaban J connectivity index is 0.00000121. The molecule has 1 heterocycles. The van der Waals surface area contributed by atoms with Crippen LogP contribution in [0.25, 0.3) is 0 Å². The van der Waals surface area contributed by atoms with Gasteiger partial charge in [-0.25, -0.2) is 0 Å². The summed E-state index contributed by atoms with van der Waals surface area (Å²) in [5, 5.41) is 9.34. The van der Waals surface area contributed by atoms with Crippen molar-refractivity contribution in [1.29, 1.82) is 0 Å². The van der Waals surface area contributed by atoms with Crippen molar-refractivity contribution < 1.29 is 5.11 Å². The van der Waals surface area contributed by atoms with Gasteiger partial charge in [0.15, 0.2) is 0 Å². The molecule has 1 N–H and O–H groups in total. The van der Waals surface area contributed by atoms with Crippen molar-refractivity contribution in [3.8, 4) is 0 Å². The summed E-state index contributed by atoms with van der Waals surface area (Å²) >= 11 is 0. The molecule has 2 nitrogen and oxygen atoms in total. The maximum atomic E-state index is 9.34. The zero-order chi connectivity index (χ0) is 13.3. The molecular weight excluding hydrogens is 210 g/mol. The fourth-order valence-corrected chi connectivity index (χ4v) is 1.98. The summed E-state index contributed by atoms with van der Waals surface area (Å²) in [4.78, 5) is 2.27. The first-order valence-corrected chi connectivity index (χ1v) is 6.55. The fraction of sp³-hybridized carbons (Fsp3) is 0.600. The van der Waals surface area contributed by atoms with Crippen LogP contribution in [-0.2, 0) is 0 Å². The van der Waals surface area contributed by atoms with Crippen molar-refractivity contribution >= 4 is 0 Å². The van der Waals surface area contributed by atoms with Gasteiger partial charge in [0.1, 0.15) is 0 Å². The van der Waals surface area contributed by atoms with E-state index in [0.717, 1.165) is 26.1 Å². The summed E-state index contributed by atoms with van der Waals surface area (Å²) < 4.78 is 0. The third-order valence-corrected chi connectivity index (χ3v) is 2.64. The Kier molecular flexibility index (Phi) is 8.73. The quantitative estimate of drug-likeness (QED) is 0.812. The average molecular weight is 237 g/mol. The highest BCUT2D eigenvalue weighted by molar-refractivity contribution is 5.35. The molecule has 17 heavy (non-hydrogen) atoms. The van der Waals surface area contributed by atoms with Gasteiger partial charge in [0.2, 0.25) is 0 Å². The number of hydrogen-bond donors (Lipinski definition) is 1. The lowest BCUT2D eigenvalue weighted by molar-refractivity contribution is 0.130. The minimum atomic E-state index is -0.251. The van der Waals surface area contributed by atoms with Gasteiger partial charge in [-0.05, 0) is 31.4 Å². The Morgan fingerprint density at radius 2 is 2.06 bits per heavy atom. The lowest BCUT2D eigenvalue weighted by Gasteiger charge is -2.29. The van der Waals surface area contributed by atoms with Gasteiger partial charge in [-0.1, -0.05) is 38.7 Å². The zero-order valence-electron chi connectivity index (χ0n) is 11.7. The molecule has 0 saturated carbocycles. The number of nitrogens with zero attached hydrogens (tertiary/aromatic N) is 1. The highest BCUT2D eigenvalue weighted by atomic mass is 16.3. The molecule has 0 radical (unpaired) electrons. The lowest BCUT2D eigenvalue weighted by atomic mass is 9.99. The highest BCUT2D eigenvalue weighted by Gasteiger charge is 2.16. The molecule has 1 rings (SSSR count). The van der Waals surface area contributed by atoms with Crippen molar-refractivity contribution in [2.75, 3.05) is 19.6 Å². The van der Waals surface area contributed by atoms with E-state index in [1.54, 1.807) is 0 Å². The number of aliphatic hydroxyl groups is 1. The molecule has 0 aromatic heterocycles. The Morgan fingerprint density at radius 3 is 2.53 bits per heavy atom. The molecule has 0 aliphatic carbocycles. The van der Waals surface area contributed by atoms with Gasteiger partial charge in [0, 0.05) is 19.6 Å². The van der Waals surface area contributed by atoms with E-state index in [9.17, 15) is 5.11 Å². The molecule has 2 heteroatoms. The number of allylic oxidation sites excluding steroid dienone is 2. The van der Waals surface area contributed by atoms with Crippen LogP contribution >= 0.6 is 0 Å². The van der Waals surface area contributed by atoms with Crippen LogP contribution < -0.4 is 0 Å². The van der Waals surface area contributed by atoms with Gasteiger partial charge < -0.3 is 5.11 Å². The predicted molar refractivity (Wildman–Crippen MR) is 76.1 cm³/mol. The maximum Gasteiger partial charge on any atom is 0.0639 e. The summed E-state index contributed by atoms with van der Waals surface area (Å²) in [5.74, 6) is 0. The largest absolute Gasteiger partial charge is 0.392 e. The smallest absolute Gasteiger partial charge is 0.0639 e. The Bertz CT molecular complexity index is 277. The maximum absolute atomic E-state index is 9.34. The molecule has 0 saturated heterocycles. The number of hydrogen-bond acceptors (Lipinski definition) is 2. The molecule has 0 aromatic rings. The molecule has 0 amide bonds. The van der Waals surface area contributed by atoms with Crippen LogP contribution in [-0.4, -0.2) is 35.7 Å². The van der Waals surface area contributed by atoms with Gasteiger partial charge >= 0.3 is 0 Å². The van der Waals surface area contributed by atoms with Gasteiger partial charge in [-0.2, -0.15) is 0 Å². The van der Waals surface area contributed by atoms with Crippen molar-refractivity contribution in [2.24, 2.45) is 0 Å². The second-order valence-electron chi connectivity index (χ2n) is 4.09. The number of β-amino-alcohol motifs (C(OH)–C–C–N with tert-alkyl or cyclic N) is 1.